The number of pyridine rings is 1. The van der Waals surface area contributed by atoms with Gasteiger partial charge >= 0.3 is 0 Å². The molecule has 4 rings (SSSR count). The number of amides is 2. The minimum atomic E-state index is -0.443. The van der Waals surface area contributed by atoms with E-state index in [9.17, 15) is 9.59 Å². The Labute approximate surface area is 149 Å². The molecule has 0 aliphatic heterocycles. The van der Waals surface area contributed by atoms with Crippen LogP contribution >= 0.6 is 0 Å². The molecule has 0 aromatic carbocycles. The van der Waals surface area contributed by atoms with E-state index in [1.54, 1.807) is 41.8 Å². The number of imidazole rings is 1. The predicted molar refractivity (Wildman–Crippen MR) is 94.1 cm³/mol. The maximum absolute atomic E-state index is 12.7. The number of anilines is 1. The van der Waals surface area contributed by atoms with Crippen molar-refractivity contribution in [1.82, 2.24) is 19.9 Å². The molecule has 1 saturated carbocycles. The second-order valence-corrected chi connectivity index (χ2v) is 6.47. The van der Waals surface area contributed by atoms with Crippen LogP contribution in [-0.4, -0.2) is 32.4 Å². The average Bonchev–Trinajstić information content (AvgIpc) is 3.35. The molecule has 3 heterocycles. The molecule has 26 heavy (non-hydrogen) atoms. The van der Waals surface area contributed by atoms with Crippen molar-refractivity contribution in [2.45, 2.75) is 38.6 Å². The molecular formula is C18H19N5O3. The number of hydrogen-bond donors (Lipinski definition) is 2. The summed E-state index contributed by atoms with van der Waals surface area (Å²) in [6.07, 6.45) is 5.93. The fraction of sp³-hybridized carbons (Fsp3) is 0.333. The van der Waals surface area contributed by atoms with Crippen LogP contribution in [0, 0.1) is 6.92 Å². The normalized spacial score (nSPS) is 14.7. The molecule has 0 saturated heterocycles. The highest BCUT2D eigenvalue weighted by Gasteiger charge is 2.24. The quantitative estimate of drug-likeness (QED) is 0.750. The molecule has 0 radical (unpaired) electrons. The van der Waals surface area contributed by atoms with Gasteiger partial charge in [0, 0.05) is 18.3 Å². The molecule has 2 N–H and O–H groups in total. The highest BCUT2D eigenvalue weighted by molar-refractivity contribution is 6.08. The van der Waals surface area contributed by atoms with Gasteiger partial charge in [-0.25, -0.2) is 4.98 Å². The molecule has 8 heteroatoms. The number of fused-ring (bicyclic) bond motifs is 1. The Morgan fingerprint density at radius 2 is 2.04 bits per heavy atom. The van der Waals surface area contributed by atoms with Gasteiger partial charge in [0.05, 0.1) is 5.52 Å². The highest BCUT2D eigenvalue weighted by atomic mass is 16.5. The van der Waals surface area contributed by atoms with Crippen LogP contribution in [-0.2, 0) is 0 Å². The van der Waals surface area contributed by atoms with Crippen molar-refractivity contribution in [3.8, 4) is 0 Å². The summed E-state index contributed by atoms with van der Waals surface area (Å²) in [4.78, 5) is 29.6. The van der Waals surface area contributed by atoms with Crippen LogP contribution in [0.1, 0.15) is 52.6 Å². The van der Waals surface area contributed by atoms with Gasteiger partial charge in [-0.2, -0.15) is 0 Å². The Kier molecular flexibility index (Phi) is 4.16. The molecule has 3 aromatic heterocycles. The lowest BCUT2D eigenvalue weighted by Crippen LogP contribution is -2.33. The number of rotatable bonds is 4. The predicted octanol–water partition coefficient (Wildman–Crippen LogP) is 2.56. The largest absolute Gasteiger partial charge is 0.360 e. The maximum atomic E-state index is 12.7. The molecule has 0 atom stereocenters. The number of nitrogens with zero attached hydrogens (tertiary/aromatic N) is 3. The summed E-state index contributed by atoms with van der Waals surface area (Å²) >= 11 is 0. The third kappa shape index (κ3) is 3.05. The zero-order valence-electron chi connectivity index (χ0n) is 14.4. The first kappa shape index (κ1) is 16.3. The molecule has 3 aromatic rings. The van der Waals surface area contributed by atoms with Gasteiger partial charge in [-0.05, 0) is 31.9 Å². The van der Waals surface area contributed by atoms with Gasteiger partial charge in [0.15, 0.2) is 11.5 Å². The smallest absolute Gasteiger partial charge is 0.287 e. The van der Waals surface area contributed by atoms with Crippen molar-refractivity contribution in [1.29, 1.82) is 0 Å². The van der Waals surface area contributed by atoms with Gasteiger partial charge in [-0.3, -0.25) is 14.0 Å². The summed E-state index contributed by atoms with van der Waals surface area (Å²) in [6.45, 7) is 1.74. The van der Waals surface area contributed by atoms with E-state index in [2.05, 4.69) is 20.8 Å². The van der Waals surface area contributed by atoms with E-state index >= 15 is 0 Å². The Balaban J connectivity index is 1.64. The lowest BCUT2D eigenvalue weighted by molar-refractivity contribution is 0.0926. The first-order chi connectivity index (χ1) is 12.6. The Hall–Kier alpha value is -3.16. The Morgan fingerprint density at radius 1 is 1.23 bits per heavy atom. The first-order valence-electron chi connectivity index (χ1n) is 8.64. The lowest BCUT2D eigenvalue weighted by Gasteiger charge is -2.10. The Morgan fingerprint density at radius 3 is 2.77 bits per heavy atom. The summed E-state index contributed by atoms with van der Waals surface area (Å²) in [5.41, 5.74) is 0.726. The van der Waals surface area contributed by atoms with E-state index < -0.39 is 5.91 Å². The molecule has 1 aliphatic rings. The van der Waals surface area contributed by atoms with Crippen LogP contribution in [0.15, 0.2) is 35.0 Å². The van der Waals surface area contributed by atoms with E-state index in [1.165, 1.54) is 0 Å². The van der Waals surface area contributed by atoms with Crippen molar-refractivity contribution < 1.29 is 14.1 Å². The second kappa shape index (κ2) is 6.62. The van der Waals surface area contributed by atoms with E-state index in [0.717, 1.165) is 25.7 Å². The SMILES string of the molecule is Cc1cc(NC(=O)c2nc(C(=O)NC3CCCC3)n3ccccc23)no1. The summed E-state index contributed by atoms with van der Waals surface area (Å²) < 4.78 is 6.58. The van der Waals surface area contributed by atoms with Gasteiger partial charge in [-0.15, -0.1) is 0 Å². The number of nitrogens with one attached hydrogen (secondary N) is 2. The third-order valence-corrected chi connectivity index (χ3v) is 4.53. The van der Waals surface area contributed by atoms with Crippen LogP contribution in [0.3, 0.4) is 0 Å². The van der Waals surface area contributed by atoms with Crippen LogP contribution < -0.4 is 10.6 Å². The monoisotopic (exact) mass is 353 g/mol. The molecule has 0 unspecified atom stereocenters. The number of aromatic nitrogens is 3. The molecule has 1 fully saturated rings. The van der Waals surface area contributed by atoms with Gasteiger partial charge in [0.25, 0.3) is 11.8 Å². The molecule has 134 valence electrons. The van der Waals surface area contributed by atoms with Gasteiger partial charge < -0.3 is 15.2 Å². The summed E-state index contributed by atoms with van der Waals surface area (Å²) in [5, 5.41) is 9.41. The Bertz CT molecular complexity index is 968. The van der Waals surface area contributed by atoms with E-state index in [4.69, 9.17) is 4.52 Å². The molecule has 0 spiro atoms. The number of carbonyl (C=O) groups is 2. The van der Waals surface area contributed by atoms with Crippen molar-refractivity contribution in [3.05, 3.63) is 47.7 Å². The van der Waals surface area contributed by atoms with Crippen molar-refractivity contribution in [2.75, 3.05) is 5.32 Å². The zero-order valence-corrected chi connectivity index (χ0v) is 14.4. The van der Waals surface area contributed by atoms with E-state index in [1.807, 2.05) is 0 Å². The topological polar surface area (TPSA) is 102 Å². The van der Waals surface area contributed by atoms with Gasteiger partial charge in [-0.1, -0.05) is 24.1 Å². The molecule has 1 aliphatic carbocycles. The zero-order chi connectivity index (χ0) is 18.1. The average molecular weight is 353 g/mol. The number of carbonyl (C=O) groups excluding carboxylic acids is 2. The van der Waals surface area contributed by atoms with Crippen molar-refractivity contribution in [2.24, 2.45) is 0 Å². The van der Waals surface area contributed by atoms with Crippen molar-refractivity contribution in [3.63, 3.8) is 0 Å². The van der Waals surface area contributed by atoms with E-state index in [0.29, 0.717) is 17.1 Å². The molecular weight excluding hydrogens is 334 g/mol. The van der Waals surface area contributed by atoms with Crippen LogP contribution in [0.5, 0.6) is 0 Å². The number of aryl methyl sites for hydroxylation is 1. The van der Waals surface area contributed by atoms with Gasteiger partial charge in [0.2, 0.25) is 5.82 Å². The fourth-order valence-corrected chi connectivity index (χ4v) is 3.29. The van der Waals surface area contributed by atoms with Gasteiger partial charge in [0.1, 0.15) is 5.76 Å². The third-order valence-electron chi connectivity index (χ3n) is 4.53. The minimum Gasteiger partial charge on any atom is -0.360 e. The fourth-order valence-electron chi connectivity index (χ4n) is 3.29. The number of hydrogen-bond acceptors (Lipinski definition) is 5. The highest BCUT2D eigenvalue weighted by Crippen LogP contribution is 2.19. The summed E-state index contributed by atoms with van der Waals surface area (Å²) in [7, 11) is 0. The van der Waals surface area contributed by atoms with Crippen molar-refractivity contribution >= 4 is 23.1 Å². The molecule has 2 amide bonds. The van der Waals surface area contributed by atoms with Crippen LogP contribution in [0.25, 0.3) is 5.52 Å². The standard InChI is InChI=1S/C18H19N5O3/c1-11-10-14(22-26-11)20-17(24)15-13-8-4-5-9-23(13)16(21-15)18(25)19-12-6-2-3-7-12/h4-5,8-10,12H,2-3,6-7H2,1H3,(H,19,25)(H,20,22,24). The maximum Gasteiger partial charge on any atom is 0.287 e. The summed E-state index contributed by atoms with van der Waals surface area (Å²) in [5.74, 6) is 0.387. The van der Waals surface area contributed by atoms with Crippen LogP contribution in [0.2, 0.25) is 0 Å². The first-order valence-corrected chi connectivity index (χ1v) is 8.64. The second-order valence-electron chi connectivity index (χ2n) is 6.47. The summed E-state index contributed by atoms with van der Waals surface area (Å²) in [6, 6.07) is 7.14. The minimum absolute atomic E-state index is 0.169. The van der Waals surface area contributed by atoms with E-state index in [-0.39, 0.29) is 23.5 Å². The lowest BCUT2D eigenvalue weighted by atomic mass is 10.2. The molecule has 8 nitrogen and oxygen atoms in total. The molecule has 0 bridgehead atoms. The van der Waals surface area contributed by atoms with Crippen LogP contribution in [0.4, 0.5) is 5.82 Å².